The summed E-state index contributed by atoms with van der Waals surface area (Å²) in [5.74, 6) is 0.888. The second kappa shape index (κ2) is 7.53. The van der Waals surface area contributed by atoms with Gasteiger partial charge in [0, 0.05) is 16.3 Å². The highest BCUT2D eigenvalue weighted by atomic mass is 35.5. The Bertz CT molecular complexity index is 612. The predicted octanol–water partition coefficient (Wildman–Crippen LogP) is 4.69. The van der Waals surface area contributed by atoms with Crippen molar-refractivity contribution < 1.29 is 4.79 Å². The number of nitrogens with one attached hydrogen (secondary N) is 1. The maximum absolute atomic E-state index is 12.2. The lowest BCUT2D eigenvalue weighted by molar-refractivity contribution is 0.0940. The zero-order valence-corrected chi connectivity index (χ0v) is 13.7. The molecule has 2 aromatic rings. The average Bonchev–Trinajstić information content (AvgIpc) is 2.48. The molecule has 21 heavy (non-hydrogen) atoms. The fourth-order valence-corrected chi connectivity index (χ4v) is 2.78. The molecular formula is C17H18ClNOS. The first-order valence-electron chi connectivity index (χ1n) is 6.74. The fraction of sp³-hybridized carbons (Fsp3) is 0.235. The van der Waals surface area contributed by atoms with Crippen molar-refractivity contribution >= 4 is 29.3 Å². The van der Waals surface area contributed by atoms with E-state index in [9.17, 15) is 4.79 Å². The molecule has 2 rings (SSSR count). The lowest BCUT2D eigenvalue weighted by Gasteiger charge is -2.15. The van der Waals surface area contributed by atoms with E-state index >= 15 is 0 Å². The molecule has 4 heteroatoms. The number of carbonyl (C=O) groups excluding carboxylic acids is 1. The third kappa shape index (κ3) is 4.51. The highest BCUT2D eigenvalue weighted by Gasteiger charge is 2.11. The first-order chi connectivity index (χ1) is 10.1. The van der Waals surface area contributed by atoms with Gasteiger partial charge in [-0.2, -0.15) is 11.8 Å². The van der Waals surface area contributed by atoms with Gasteiger partial charge in [0.15, 0.2) is 0 Å². The van der Waals surface area contributed by atoms with Crippen molar-refractivity contribution in [2.24, 2.45) is 0 Å². The Morgan fingerprint density at radius 3 is 2.57 bits per heavy atom. The first-order valence-corrected chi connectivity index (χ1v) is 8.51. The average molecular weight is 320 g/mol. The van der Waals surface area contributed by atoms with Crippen LogP contribution in [0.5, 0.6) is 0 Å². The van der Waals surface area contributed by atoms with Crippen molar-refractivity contribution in [2.75, 3.05) is 6.26 Å². The molecule has 0 fully saturated rings. The molecule has 0 aromatic heterocycles. The molecule has 0 bridgehead atoms. The van der Waals surface area contributed by atoms with E-state index in [-0.39, 0.29) is 11.9 Å². The Balaban J connectivity index is 2.03. The van der Waals surface area contributed by atoms with Crippen LogP contribution in [0.2, 0.25) is 5.02 Å². The van der Waals surface area contributed by atoms with Crippen molar-refractivity contribution in [1.82, 2.24) is 5.32 Å². The fourth-order valence-electron chi connectivity index (χ4n) is 2.06. The van der Waals surface area contributed by atoms with Gasteiger partial charge in [-0.1, -0.05) is 35.9 Å². The highest BCUT2D eigenvalue weighted by Crippen LogP contribution is 2.18. The summed E-state index contributed by atoms with van der Waals surface area (Å²) in [7, 11) is 0. The Kier molecular flexibility index (Phi) is 5.71. The number of amides is 1. The molecule has 0 aliphatic carbocycles. The van der Waals surface area contributed by atoms with Crippen molar-refractivity contribution in [3.63, 3.8) is 0 Å². The van der Waals surface area contributed by atoms with Crippen LogP contribution < -0.4 is 5.32 Å². The smallest absolute Gasteiger partial charge is 0.251 e. The van der Waals surface area contributed by atoms with Crippen LogP contribution in [0.15, 0.2) is 48.5 Å². The molecular weight excluding hydrogens is 302 g/mol. The van der Waals surface area contributed by atoms with Gasteiger partial charge in [-0.3, -0.25) is 4.79 Å². The van der Waals surface area contributed by atoms with Gasteiger partial charge in [0.2, 0.25) is 0 Å². The lowest BCUT2D eigenvalue weighted by atomic mass is 10.1. The molecule has 0 saturated carbocycles. The van der Waals surface area contributed by atoms with Crippen molar-refractivity contribution in [2.45, 2.75) is 18.7 Å². The molecule has 0 spiro atoms. The van der Waals surface area contributed by atoms with Crippen molar-refractivity contribution in [3.05, 3.63) is 70.2 Å². The second-order valence-corrected chi connectivity index (χ2v) is 6.18. The van der Waals surface area contributed by atoms with Crippen LogP contribution in [0.3, 0.4) is 0 Å². The second-order valence-electron chi connectivity index (χ2n) is 4.88. The molecule has 0 saturated heterocycles. The minimum Gasteiger partial charge on any atom is -0.346 e. The summed E-state index contributed by atoms with van der Waals surface area (Å²) in [6.45, 7) is 1.95. The van der Waals surface area contributed by atoms with Crippen molar-refractivity contribution in [1.29, 1.82) is 0 Å². The lowest BCUT2D eigenvalue weighted by Crippen LogP contribution is -2.26. The van der Waals surface area contributed by atoms with Gasteiger partial charge in [0.1, 0.15) is 0 Å². The molecule has 0 aliphatic rings. The minimum atomic E-state index is -0.0814. The Morgan fingerprint density at radius 1 is 1.24 bits per heavy atom. The van der Waals surface area contributed by atoms with Crippen LogP contribution in [0.1, 0.15) is 34.5 Å². The SMILES string of the molecule is CSCc1ccc(C(=O)N[C@@H](C)c2cccc(Cl)c2)cc1. The molecule has 0 heterocycles. The number of thioether (sulfide) groups is 1. The van der Waals surface area contributed by atoms with Crippen LogP contribution >= 0.6 is 23.4 Å². The molecule has 2 aromatic carbocycles. The maximum Gasteiger partial charge on any atom is 0.251 e. The molecule has 0 unspecified atom stereocenters. The first kappa shape index (κ1) is 15.9. The summed E-state index contributed by atoms with van der Waals surface area (Å²) in [6, 6.07) is 15.2. The summed E-state index contributed by atoms with van der Waals surface area (Å²) >= 11 is 7.74. The number of hydrogen-bond acceptors (Lipinski definition) is 2. The Morgan fingerprint density at radius 2 is 1.95 bits per heavy atom. The van der Waals surface area contributed by atoms with Crippen LogP contribution in [-0.2, 0) is 5.75 Å². The van der Waals surface area contributed by atoms with Gasteiger partial charge in [-0.25, -0.2) is 0 Å². The highest BCUT2D eigenvalue weighted by molar-refractivity contribution is 7.97. The summed E-state index contributed by atoms with van der Waals surface area (Å²) in [5.41, 5.74) is 2.89. The van der Waals surface area contributed by atoms with E-state index in [4.69, 9.17) is 11.6 Å². The van der Waals surface area contributed by atoms with E-state index < -0.39 is 0 Å². The molecule has 0 aliphatic heterocycles. The van der Waals surface area contributed by atoms with Gasteiger partial charge in [-0.05, 0) is 48.6 Å². The van der Waals surface area contributed by atoms with E-state index in [1.54, 1.807) is 11.8 Å². The van der Waals surface area contributed by atoms with Gasteiger partial charge >= 0.3 is 0 Å². The van der Waals surface area contributed by atoms with E-state index in [2.05, 4.69) is 11.6 Å². The largest absolute Gasteiger partial charge is 0.346 e. The Labute approximate surface area is 134 Å². The van der Waals surface area contributed by atoms with Crippen LogP contribution in [-0.4, -0.2) is 12.2 Å². The molecule has 1 amide bonds. The summed E-state index contributed by atoms with van der Waals surface area (Å²) in [5, 5.41) is 3.66. The topological polar surface area (TPSA) is 29.1 Å². The zero-order chi connectivity index (χ0) is 15.2. The van der Waals surface area contributed by atoms with Gasteiger partial charge in [-0.15, -0.1) is 0 Å². The number of hydrogen-bond donors (Lipinski definition) is 1. The molecule has 2 nitrogen and oxygen atoms in total. The normalized spacial score (nSPS) is 12.0. The molecule has 1 atom stereocenters. The third-order valence-corrected chi connectivity index (χ3v) is 4.08. The zero-order valence-electron chi connectivity index (χ0n) is 12.1. The van der Waals surface area contributed by atoms with Crippen LogP contribution in [0.25, 0.3) is 0 Å². The van der Waals surface area contributed by atoms with Crippen LogP contribution in [0, 0.1) is 0 Å². The summed E-state index contributed by atoms with van der Waals surface area (Å²) in [6.07, 6.45) is 2.06. The molecule has 1 N–H and O–H groups in total. The number of carbonyl (C=O) groups is 1. The summed E-state index contributed by atoms with van der Waals surface area (Å²) in [4.78, 5) is 12.2. The monoisotopic (exact) mass is 319 g/mol. The van der Waals surface area contributed by atoms with Gasteiger partial charge < -0.3 is 5.32 Å². The van der Waals surface area contributed by atoms with Gasteiger partial charge in [0.25, 0.3) is 5.91 Å². The van der Waals surface area contributed by atoms with Gasteiger partial charge in [0.05, 0.1) is 6.04 Å². The number of benzene rings is 2. The van der Waals surface area contributed by atoms with E-state index in [0.29, 0.717) is 10.6 Å². The number of rotatable bonds is 5. The minimum absolute atomic E-state index is 0.0711. The molecule has 0 radical (unpaired) electrons. The Hall–Kier alpha value is -1.45. The third-order valence-electron chi connectivity index (χ3n) is 3.22. The number of halogens is 1. The standard InChI is InChI=1S/C17H18ClNOS/c1-12(15-4-3-5-16(18)10-15)19-17(20)14-8-6-13(7-9-14)11-21-2/h3-10,12H,11H2,1-2H3,(H,19,20)/t12-/m0/s1. The van der Waals surface area contributed by atoms with E-state index in [1.807, 2.05) is 55.5 Å². The van der Waals surface area contributed by atoms with E-state index in [0.717, 1.165) is 11.3 Å². The summed E-state index contributed by atoms with van der Waals surface area (Å²) < 4.78 is 0. The predicted molar refractivity (Wildman–Crippen MR) is 91.0 cm³/mol. The molecule has 110 valence electrons. The quantitative estimate of drug-likeness (QED) is 0.866. The van der Waals surface area contributed by atoms with E-state index in [1.165, 1.54) is 5.56 Å². The van der Waals surface area contributed by atoms with Crippen molar-refractivity contribution in [3.8, 4) is 0 Å². The van der Waals surface area contributed by atoms with Crippen LogP contribution in [0.4, 0.5) is 0 Å². The maximum atomic E-state index is 12.2.